The maximum Gasteiger partial charge on any atom is 0.296 e. The van der Waals surface area contributed by atoms with E-state index in [9.17, 15) is 20.0 Å². The maximum atomic E-state index is 12.8. The van der Waals surface area contributed by atoms with Gasteiger partial charge in [0.05, 0.1) is 31.9 Å². The van der Waals surface area contributed by atoms with E-state index in [1.807, 2.05) is 6.07 Å². The lowest BCUT2D eigenvalue weighted by Gasteiger charge is -2.24. The van der Waals surface area contributed by atoms with Crippen molar-refractivity contribution < 1.29 is 24.2 Å². The lowest BCUT2D eigenvalue weighted by molar-refractivity contribution is -0.139. The lowest BCUT2D eigenvalue weighted by Crippen LogP contribution is -2.30. The van der Waals surface area contributed by atoms with Crippen LogP contribution in [0.3, 0.4) is 0 Å². The predicted molar refractivity (Wildman–Crippen MR) is 101 cm³/mol. The van der Waals surface area contributed by atoms with Gasteiger partial charge in [-0.1, -0.05) is 30.3 Å². The molecule has 1 fully saturated rings. The molecule has 1 atom stereocenters. The highest BCUT2D eigenvalue weighted by molar-refractivity contribution is 6.46. The molecular weight excluding hydrogens is 360 g/mol. The van der Waals surface area contributed by atoms with E-state index in [2.05, 4.69) is 0 Å². The molecular formula is C21H18N2O5. The molecule has 0 unspecified atom stereocenters. The summed E-state index contributed by atoms with van der Waals surface area (Å²) < 4.78 is 10.7. The van der Waals surface area contributed by atoms with Crippen LogP contribution >= 0.6 is 0 Å². The number of ketones is 1. The number of Topliss-reactive ketones (excluding diaryl/α,β-unsaturated/α-hetero) is 1. The van der Waals surface area contributed by atoms with Crippen molar-refractivity contribution in [1.82, 2.24) is 4.90 Å². The highest BCUT2D eigenvalue weighted by Crippen LogP contribution is 2.43. The van der Waals surface area contributed by atoms with Crippen molar-refractivity contribution >= 4 is 17.4 Å². The Balaban J connectivity index is 2.28. The molecule has 0 bridgehead atoms. The second kappa shape index (κ2) is 7.84. The Morgan fingerprint density at radius 1 is 1.14 bits per heavy atom. The molecule has 1 heterocycles. The SMILES string of the molecule is COc1ccc(OC)c([C@H]2C(=C(O)c3ccccc3)C(=O)C(=O)N2CC#N)c1. The number of methoxy groups -OCH3 is 2. The third kappa shape index (κ3) is 3.16. The van der Waals surface area contributed by atoms with Gasteiger partial charge in [0.25, 0.3) is 11.7 Å². The van der Waals surface area contributed by atoms with Crippen LogP contribution in [0.15, 0.2) is 54.1 Å². The fraction of sp³-hybridized carbons (Fsp3) is 0.190. The van der Waals surface area contributed by atoms with Gasteiger partial charge in [0.1, 0.15) is 23.8 Å². The highest BCUT2D eigenvalue weighted by Gasteiger charge is 2.47. The molecule has 28 heavy (non-hydrogen) atoms. The minimum atomic E-state index is -0.982. The summed E-state index contributed by atoms with van der Waals surface area (Å²) in [6.07, 6.45) is 0. The smallest absolute Gasteiger partial charge is 0.296 e. The van der Waals surface area contributed by atoms with Crippen molar-refractivity contribution in [3.05, 3.63) is 65.2 Å². The number of likely N-dealkylation sites (tertiary alicyclic amines) is 1. The second-order valence-electron chi connectivity index (χ2n) is 6.06. The summed E-state index contributed by atoms with van der Waals surface area (Å²) in [7, 11) is 2.95. The van der Waals surface area contributed by atoms with Crippen molar-refractivity contribution in [3.63, 3.8) is 0 Å². The van der Waals surface area contributed by atoms with Crippen LogP contribution < -0.4 is 9.47 Å². The number of amides is 1. The summed E-state index contributed by atoms with van der Waals surface area (Å²) in [5, 5.41) is 20.0. The number of carbonyl (C=O) groups excluding carboxylic acids is 2. The van der Waals surface area contributed by atoms with Gasteiger partial charge < -0.3 is 19.5 Å². The number of ether oxygens (including phenoxy) is 2. The molecule has 0 aromatic heterocycles. The Hall–Kier alpha value is -3.79. The van der Waals surface area contributed by atoms with Crippen molar-refractivity contribution in [1.29, 1.82) is 5.26 Å². The molecule has 2 aromatic rings. The Morgan fingerprint density at radius 2 is 1.86 bits per heavy atom. The average molecular weight is 378 g/mol. The summed E-state index contributed by atoms with van der Waals surface area (Å²) in [6.45, 7) is -0.318. The number of rotatable bonds is 5. The summed E-state index contributed by atoms with van der Waals surface area (Å²) >= 11 is 0. The number of aliphatic hydroxyl groups excluding tert-OH is 1. The molecule has 0 aliphatic carbocycles. The molecule has 1 saturated heterocycles. The molecule has 1 amide bonds. The topological polar surface area (TPSA) is 99.9 Å². The number of benzene rings is 2. The number of nitriles is 1. The minimum Gasteiger partial charge on any atom is -0.507 e. The van der Waals surface area contributed by atoms with Crippen LogP contribution in [0.4, 0.5) is 0 Å². The van der Waals surface area contributed by atoms with E-state index < -0.39 is 17.7 Å². The van der Waals surface area contributed by atoms with E-state index in [1.165, 1.54) is 14.2 Å². The second-order valence-corrected chi connectivity index (χ2v) is 6.06. The normalized spacial score (nSPS) is 18.0. The fourth-order valence-electron chi connectivity index (χ4n) is 3.25. The van der Waals surface area contributed by atoms with E-state index >= 15 is 0 Å². The van der Waals surface area contributed by atoms with Gasteiger partial charge in [0.2, 0.25) is 0 Å². The molecule has 2 aromatic carbocycles. The summed E-state index contributed by atoms with van der Waals surface area (Å²) in [6, 6.07) is 14.3. The maximum absolute atomic E-state index is 12.8. The summed E-state index contributed by atoms with van der Waals surface area (Å²) in [4.78, 5) is 26.5. The molecule has 142 valence electrons. The summed E-state index contributed by atoms with van der Waals surface area (Å²) in [5.41, 5.74) is 0.733. The van der Waals surface area contributed by atoms with Crippen LogP contribution in [-0.4, -0.2) is 42.5 Å². The number of hydrogen-bond acceptors (Lipinski definition) is 6. The molecule has 0 radical (unpaired) electrons. The quantitative estimate of drug-likeness (QED) is 0.372. The fourth-order valence-corrected chi connectivity index (χ4v) is 3.25. The molecule has 0 spiro atoms. The lowest BCUT2D eigenvalue weighted by atomic mass is 9.94. The van der Waals surface area contributed by atoms with Crippen LogP contribution in [0, 0.1) is 11.3 Å². The third-order valence-electron chi connectivity index (χ3n) is 4.56. The van der Waals surface area contributed by atoms with E-state index in [0.717, 1.165) is 4.90 Å². The molecule has 7 nitrogen and oxygen atoms in total. The highest BCUT2D eigenvalue weighted by atomic mass is 16.5. The van der Waals surface area contributed by atoms with E-state index in [0.29, 0.717) is 22.6 Å². The van der Waals surface area contributed by atoms with E-state index in [1.54, 1.807) is 48.5 Å². The molecule has 1 N–H and O–H groups in total. The Labute approximate surface area is 162 Å². The van der Waals surface area contributed by atoms with Crippen LogP contribution in [0.25, 0.3) is 5.76 Å². The first-order chi connectivity index (χ1) is 13.5. The summed E-state index contributed by atoms with van der Waals surface area (Å²) in [5.74, 6) is -1.14. The number of hydrogen-bond donors (Lipinski definition) is 1. The van der Waals surface area contributed by atoms with Crippen molar-refractivity contribution in [3.8, 4) is 17.6 Å². The standard InChI is InChI=1S/C21H18N2O5/c1-27-14-8-9-16(28-2)15(12-14)18-17(19(24)13-6-4-3-5-7-13)20(25)21(26)23(18)11-10-22/h3-9,12,18,24H,11H2,1-2H3/t18-/m0/s1. The molecule has 1 aliphatic heterocycles. The van der Waals surface area contributed by atoms with E-state index in [4.69, 9.17) is 9.47 Å². The predicted octanol–water partition coefficient (Wildman–Crippen LogP) is 2.65. The Bertz CT molecular complexity index is 992. The third-order valence-corrected chi connectivity index (χ3v) is 4.56. The molecule has 3 rings (SSSR count). The van der Waals surface area contributed by atoms with Crippen LogP contribution in [-0.2, 0) is 9.59 Å². The van der Waals surface area contributed by atoms with Crippen molar-refractivity contribution in [2.75, 3.05) is 20.8 Å². The van der Waals surface area contributed by atoms with Crippen LogP contribution in [0.5, 0.6) is 11.5 Å². The zero-order valence-corrected chi connectivity index (χ0v) is 15.4. The van der Waals surface area contributed by atoms with Gasteiger partial charge in [-0.3, -0.25) is 9.59 Å². The minimum absolute atomic E-state index is 0.0991. The van der Waals surface area contributed by atoms with E-state index in [-0.39, 0.29) is 17.9 Å². The molecule has 1 aliphatic rings. The number of carbonyl (C=O) groups is 2. The zero-order chi connectivity index (χ0) is 20.3. The molecule has 7 heteroatoms. The average Bonchev–Trinajstić information content (AvgIpc) is 2.98. The largest absolute Gasteiger partial charge is 0.507 e. The first-order valence-electron chi connectivity index (χ1n) is 8.46. The van der Waals surface area contributed by atoms with Gasteiger partial charge in [-0.2, -0.15) is 5.26 Å². The van der Waals surface area contributed by atoms with Crippen LogP contribution in [0.1, 0.15) is 17.2 Å². The van der Waals surface area contributed by atoms with Crippen LogP contribution in [0.2, 0.25) is 0 Å². The zero-order valence-electron chi connectivity index (χ0n) is 15.4. The van der Waals surface area contributed by atoms with Gasteiger partial charge in [-0.05, 0) is 18.2 Å². The van der Waals surface area contributed by atoms with Crippen molar-refractivity contribution in [2.45, 2.75) is 6.04 Å². The van der Waals surface area contributed by atoms with Gasteiger partial charge in [0, 0.05) is 11.1 Å². The number of nitrogens with zero attached hydrogens (tertiary/aromatic N) is 2. The first kappa shape index (κ1) is 19.0. The monoisotopic (exact) mass is 378 g/mol. The number of aliphatic hydroxyl groups is 1. The molecule has 0 saturated carbocycles. The Morgan fingerprint density at radius 3 is 2.46 bits per heavy atom. The van der Waals surface area contributed by atoms with Gasteiger partial charge in [0.15, 0.2) is 0 Å². The van der Waals surface area contributed by atoms with Gasteiger partial charge in [-0.25, -0.2) is 0 Å². The first-order valence-corrected chi connectivity index (χ1v) is 8.46. The Kier molecular flexibility index (Phi) is 5.32. The van der Waals surface area contributed by atoms with Gasteiger partial charge in [-0.15, -0.1) is 0 Å². The van der Waals surface area contributed by atoms with Gasteiger partial charge >= 0.3 is 0 Å². The van der Waals surface area contributed by atoms with Crippen molar-refractivity contribution in [2.24, 2.45) is 0 Å².